The maximum absolute atomic E-state index is 12.0. The molecule has 21 heavy (non-hydrogen) atoms. The summed E-state index contributed by atoms with van der Waals surface area (Å²) < 4.78 is 17.1. The first-order chi connectivity index (χ1) is 9.85. The summed E-state index contributed by atoms with van der Waals surface area (Å²) in [5, 5.41) is 0. The Balaban J connectivity index is 1.64. The molecule has 1 aliphatic carbocycles. The molecule has 2 atom stereocenters. The average Bonchev–Trinajstić information content (AvgIpc) is 3.10. The van der Waals surface area contributed by atoms with Gasteiger partial charge in [0.25, 0.3) is 0 Å². The van der Waals surface area contributed by atoms with Crippen molar-refractivity contribution in [1.82, 2.24) is 4.90 Å². The first-order valence-corrected chi connectivity index (χ1v) is 8.91. The van der Waals surface area contributed by atoms with E-state index in [4.69, 9.17) is 14.2 Å². The smallest absolute Gasteiger partial charge is 0.410 e. The molecule has 0 radical (unpaired) electrons. The van der Waals surface area contributed by atoms with Gasteiger partial charge in [0.05, 0.1) is 29.8 Å². The quantitative estimate of drug-likeness (QED) is 0.383. The molecule has 2 rings (SSSR count). The van der Waals surface area contributed by atoms with E-state index in [1.54, 1.807) is 4.90 Å². The van der Waals surface area contributed by atoms with Gasteiger partial charge in [0, 0.05) is 13.2 Å². The first-order valence-electron chi connectivity index (χ1n) is 7.66. The molecule has 0 aromatic heterocycles. The molecule has 2 aliphatic rings. The number of amides is 1. The van der Waals surface area contributed by atoms with Crippen LogP contribution in [0.5, 0.6) is 0 Å². The lowest BCUT2D eigenvalue weighted by atomic mass is 10.2. The minimum absolute atomic E-state index is 0.0719. The van der Waals surface area contributed by atoms with Crippen LogP contribution in [0.1, 0.15) is 33.6 Å². The molecular formula is C15H26INO4. The predicted octanol–water partition coefficient (Wildman–Crippen LogP) is 2.85. The molecule has 1 saturated carbocycles. The highest BCUT2D eigenvalue weighted by molar-refractivity contribution is 14.1. The number of hydrogen-bond donors (Lipinski definition) is 0. The van der Waals surface area contributed by atoms with Gasteiger partial charge < -0.3 is 19.1 Å². The normalized spacial score (nSPS) is 26.2. The second-order valence-electron chi connectivity index (χ2n) is 6.83. The van der Waals surface area contributed by atoms with Crippen LogP contribution in [-0.4, -0.2) is 59.5 Å². The van der Waals surface area contributed by atoms with Crippen LogP contribution in [0.4, 0.5) is 4.79 Å². The Hall–Kier alpha value is -0.0800. The molecule has 6 heteroatoms. The molecular weight excluding hydrogens is 385 g/mol. The van der Waals surface area contributed by atoms with Crippen molar-refractivity contribution in [2.45, 2.75) is 49.2 Å². The predicted molar refractivity (Wildman–Crippen MR) is 88.9 cm³/mol. The van der Waals surface area contributed by atoms with Crippen molar-refractivity contribution in [1.29, 1.82) is 0 Å². The second kappa shape index (κ2) is 7.46. The number of carbonyl (C=O) groups excluding carboxylic acids is 1. The van der Waals surface area contributed by atoms with Gasteiger partial charge in [-0.15, -0.1) is 0 Å². The standard InChI is InChI=1S/C15H26INO4/c1-15(2,3)21-14(18)17-8-12(16)13(9-17)20-7-6-19-10-11-4-5-11/h11-13H,4-10H2,1-3H3. The molecule has 0 spiro atoms. The summed E-state index contributed by atoms with van der Waals surface area (Å²) in [5.41, 5.74) is -0.451. The maximum atomic E-state index is 12.0. The number of likely N-dealkylation sites (tertiary alicyclic amines) is 1. The summed E-state index contributed by atoms with van der Waals surface area (Å²) in [5.74, 6) is 0.788. The molecule has 122 valence electrons. The van der Waals surface area contributed by atoms with Gasteiger partial charge in [0.2, 0.25) is 0 Å². The van der Waals surface area contributed by atoms with Gasteiger partial charge >= 0.3 is 6.09 Å². The van der Waals surface area contributed by atoms with Crippen molar-refractivity contribution in [3.8, 4) is 0 Å². The van der Waals surface area contributed by atoms with Gasteiger partial charge in [-0.2, -0.15) is 0 Å². The summed E-state index contributed by atoms with van der Waals surface area (Å²) in [6, 6.07) is 0. The van der Waals surface area contributed by atoms with E-state index in [0.717, 1.165) is 12.5 Å². The molecule has 1 amide bonds. The van der Waals surface area contributed by atoms with Crippen LogP contribution in [0.15, 0.2) is 0 Å². The van der Waals surface area contributed by atoms with Crippen LogP contribution in [-0.2, 0) is 14.2 Å². The Morgan fingerprint density at radius 1 is 1.24 bits per heavy atom. The molecule has 1 saturated heterocycles. The summed E-state index contributed by atoms with van der Waals surface area (Å²) in [6.07, 6.45) is 2.44. The third-order valence-electron chi connectivity index (χ3n) is 3.46. The number of alkyl halides is 1. The van der Waals surface area contributed by atoms with Crippen molar-refractivity contribution < 1.29 is 19.0 Å². The fraction of sp³-hybridized carbons (Fsp3) is 0.933. The van der Waals surface area contributed by atoms with E-state index in [1.165, 1.54) is 12.8 Å². The summed E-state index contributed by atoms with van der Waals surface area (Å²) >= 11 is 2.35. The monoisotopic (exact) mass is 411 g/mol. The Labute approximate surface area is 140 Å². The van der Waals surface area contributed by atoms with Gasteiger partial charge in [0.15, 0.2) is 0 Å². The highest BCUT2D eigenvalue weighted by atomic mass is 127. The highest BCUT2D eigenvalue weighted by Crippen LogP contribution is 2.28. The molecule has 2 fully saturated rings. The Bertz CT molecular complexity index is 354. The van der Waals surface area contributed by atoms with E-state index in [9.17, 15) is 4.79 Å². The SMILES string of the molecule is CC(C)(C)OC(=O)N1CC(I)C(OCCOCC2CC2)C1. The summed E-state index contributed by atoms with van der Waals surface area (Å²) in [4.78, 5) is 13.8. The van der Waals surface area contributed by atoms with Crippen molar-refractivity contribution in [2.24, 2.45) is 5.92 Å². The number of rotatable bonds is 6. The van der Waals surface area contributed by atoms with Crippen molar-refractivity contribution in [3.63, 3.8) is 0 Å². The van der Waals surface area contributed by atoms with E-state index >= 15 is 0 Å². The second-order valence-corrected chi connectivity index (χ2v) is 8.43. The average molecular weight is 411 g/mol. The van der Waals surface area contributed by atoms with Crippen LogP contribution in [0, 0.1) is 5.92 Å². The number of carbonyl (C=O) groups is 1. The molecule has 0 aromatic rings. The van der Waals surface area contributed by atoms with E-state index < -0.39 is 5.60 Å². The topological polar surface area (TPSA) is 48.0 Å². The lowest BCUT2D eigenvalue weighted by Gasteiger charge is -2.24. The molecule has 2 unspecified atom stereocenters. The van der Waals surface area contributed by atoms with E-state index in [2.05, 4.69) is 22.6 Å². The summed E-state index contributed by atoms with van der Waals surface area (Å²) in [6.45, 7) is 9.04. The molecule has 0 N–H and O–H groups in total. The van der Waals surface area contributed by atoms with E-state index in [-0.39, 0.29) is 12.2 Å². The molecule has 1 aliphatic heterocycles. The number of nitrogens with zero attached hydrogens (tertiary/aromatic N) is 1. The molecule has 1 heterocycles. The fourth-order valence-corrected chi connectivity index (χ4v) is 3.07. The minimum Gasteiger partial charge on any atom is -0.444 e. The van der Waals surface area contributed by atoms with Gasteiger partial charge in [0.1, 0.15) is 5.60 Å². The van der Waals surface area contributed by atoms with Gasteiger partial charge in [-0.1, -0.05) is 22.6 Å². The number of ether oxygens (including phenoxy) is 3. The Morgan fingerprint density at radius 3 is 2.57 bits per heavy atom. The molecule has 0 aromatic carbocycles. The van der Waals surface area contributed by atoms with Crippen LogP contribution < -0.4 is 0 Å². The first kappa shape index (κ1) is 17.3. The zero-order valence-corrected chi connectivity index (χ0v) is 15.3. The molecule has 5 nitrogen and oxygen atoms in total. The minimum atomic E-state index is -0.451. The van der Waals surface area contributed by atoms with Crippen LogP contribution in [0.2, 0.25) is 0 Å². The third kappa shape index (κ3) is 6.28. The van der Waals surface area contributed by atoms with Crippen LogP contribution in [0.25, 0.3) is 0 Å². The van der Waals surface area contributed by atoms with Gasteiger partial charge in [-0.25, -0.2) is 4.79 Å². The van der Waals surface area contributed by atoms with E-state index in [0.29, 0.717) is 30.2 Å². The van der Waals surface area contributed by atoms with Crippen LogP contribution >= 0.6 is 22.6 Å². The van der Waals surface area contributed by atoms with E-state index in [1.807, 2.05) is 20.8 Å². The Morgan fingerprint density at radius 2 is 1.95 bits per heavy atom. The van der Waals surface area contributed by atoms with Crippen molar-refractivity contribution in [3.05, 3.63) is 0 Å². The van der Waals surface area contributed by atoms with Crippen molar-refractivity contribution in [2.75, 3.05) is 32.9 Å². The highest BCUT2D eigenvalue weighted by Gasteiger charge is 2.36. The lowest BCUT2D eigenvalue weighted by Crippen LogP contribution is -2.36. The molecule has 0 bridgehead atoms. The van der Waals surface area contributed by atoms with Gasteiger partial charge in [-0.05, 0) is 39.5 Å². The largest absolute Gasteiger partial charge is 0.444 e. The number of hydrogen-bond acceptors (Lipinski definition) is 4. The zero-order chi connectivity index (χ0) is 15.5. The third-order valence-corrected chi connectivity index (χ3v) is 4.66. The summed E-state index contributed by atoms with van der Waals surface area (Å²) in [7, 11) is 0. The number of halogens is 1. The zero-order valence-electron chi connectivity index (χ0n) is 13.1. The maximum Gasteiger partial charge on any atom is 0.410 e. The van der Waals surface area contributed by atoms with Crippen molar-refractivity contribution >= 4 is 28.7 Å². The van der Waals surface area contributed by atoms with Gasteiger partial charge in [-0.3, -0.25) is 0 Å². The fourth-order valence-electron chi connectivity index (χ4n) is 2.16. The Kier molecular flexibility index (Phi) is 6.14. The lowest BCUT2D eigenvalue weighted by molar-refractivity contribution is 0.00291. The van der Waals surface area contributed by atoms with Crippen LogP contribution in [0.3, 0.4) is 0 Å².